The van der Waals surface area contributed by atoms with E-state index in [1.54, 1.807) is 24.3 Å². The van der Waals surface area contributed by atoms with Gasteiger partial charge in [-0.3, -0.25) is 0 Å². The molecule has 2 aromatic carbocycles. The molecule has 1 atom stereocenters. The Hall–Kier alpha value is -2.41. The molecule has 154 valence electrons. The van der Waals surface area contributed by atoms with Crippen molar-refractivity contribution in [1.82, 2.24) is 10.0 Å². The maximum atomic E-state index is 12.5. The van der Waals surface area contributed by atoms with Crippen molar-refractivity contribution in [3.8, 4) is 0 Å². The monoisotopic (exact) mass is 412 g/mol. The fourth-order valence-electron chi connectivity index (χ4n) is 3.42. The summed E-state index contributed by atoms with van der Waals surface area (Å²) in [6, 6.07) is 20.9. The summed E-state index contributed by atoms with van der Waals surface area (Å²) in [6.45, 7) is 6.57. The molecule has 6 heteroatoms. The molecule has 2 N–H and O–H groups in total. The van der Waals surface area contributed by atoms with Crippen LogP contribution in [0.2, 0.25) is 0 Å². The number of nitrogens with one attached hydrogen (secondary N) is 2. The first kappa shape index (κ1) is 21.3. The van der Waals surface area contributed by atoms with Crippen molar-refractivity contribution in [2.45, 2.75) is 50.2 Å². The average molecular weight is 413 g/mol. The van der Waals surface area contributed by atoms with Crippen molar-refractivity contribution in [3.63, 3.8) is 0 Å². The molecule has 0 aliphatic rings. The van der Waals surface area contributed by atoms with Gasteiger partial charge in [-0.25, -0.2) is 13.1 Å². The summed E-state index contributed by atoms with van der Waals surface area (Å²) in [5.41, 5.74) is 2.22. The molecule has 29 heavy (non-hydrogen) atoms. The minimum atomic E-state index is -3.59. The zero-order chi connectivity index (χ0) is 20.9. The first-order valence-electron chi connectivity index (χ1n) is 9.69. The summed E-state index contributed by atoms with van der Waals surface area (Å²) in [5, 5.41) is 3.65. The van der Waals surface area contributed by atoms with Gasteiger partial charge in [0.05, 0.1) is 17.7 Å². The zero-order valence-electron chi connectivity index (χ0n) is 17.1. The summed E-state index contributed by atoms with van der Waals surface area (Å²) in [7, 11) is -3.59. The van der Waals surface area contributed by atoms with E-state index in [1.165, 1.54) is 11.8 Å². The maximum absolute atomic E-state index is 12.5. The van der Waals surface area contributed by atoms with Crippen molar-refractivity contribution in [2.75, 3.05) is 0 Å². The SMILES string of the molecule is C[C@@H](NC(C)(C)Cc1ccccc1)c1ccc(S(=O)(=O)NCc2ccco2)cc1. The molecule has 0 radical (unpaired) electrons. The van der Waals surface area contributed by atoms with Gasteiger partial charge in [0.2, 0.25) is 10.0 Å². The number of benzene rings is 2. The molecule has 0 amide bonds. The van der Waals surface area contributed by atoms with Crippen LogP contribution in [0.1, 0.15) is 43.7 Å². The van der Waals surface area contributed by atoms with Crippen molar-refractivity contribution >= 4 is 10.0 Å². The van der Waals surface area contributed by atoms with Crippen LogP contribution in [0.3, 0.4) is 0 Å². The number of rotatable bonds is 9. The van der Waals surface area contributed by atoms with E-state index in [9.17, 15) is 8.42 Å². The summed E-state index contributed by atoms with van der Waals surface area (Å²) < 4.78 is 32.7. The smallest absolute Gasteiger partial charge is 0.240 e. The Balaban J connectivity index is 1.62. The van der Waals surface area contributed by atoms with Gasteiger partial charge in [-0.2, -0.15) is 0 Å². The number of sulfonamides is 1. The van der Waals surface area contributed by atoms with Crippen molar-refractivity contribution in [3.05, 3.63) is 89.9 Å². The van der Waals surface area contributed by atoms with E-state index in [1.807, 2.05) is 30.3 Å². The highest BCUT2D eigenvalue weighted by atomic mass is 32.2. The molecule has 0 aliphatic heterocycles. The molecule has 0 aliphatic carbocycles. The molecule has 0 unspecified atom stereocenters. The Morgan fingerprint density at radius 1 is 0.966 bits per heavy atom. The van der Waals surface area contributed by atoms with Crippen LogP contribution in [-0.2, 0) is 23.0 Å². The van der Waals surface area contributed by atoms with Gasteiger partial charge < -0.3 is 9.73 Å². The molecule has 1 heterocycles. The Kier molecular flexibility index (Phi) is 6.57. The molecule has 0 saturated carbocycles. The lowest BCUT2D eigenvalue weighted by Crippen LogP contribution is -2.42. The molecule has 0 saturated heterocycles. The Morgan fingerprint density at radius 3 is 2.28 bits per heavy atom. The van der Waals surface area contributed by atoms with E-state index in [4.69, 9.17) is 4.42 Å². The highest BCUT2D eigenvalue weighted by Gasteiger charge is 2.22. The van der Waals surface area contributed by atoms with Crippen LogP contribution in [0.25, 0.3) is 0 Å². The van der Waals surface area contributed by atoms with E-state index in [0.717, 1.165) is 12.0 Å². The Labute approximate surface area is 173 Å². The third kappa shape index (κ3) is 6.03. The lowest BCUT2D eigenvalue weighted by Gasteiger charge is -2.31. The predicted octanol–water partition coefficient (Wildman–Crippen LogP) is 4.43. The predicted molar refractivity (Wildman–Crippen MR) is 115 cm³/mol. The van der Waals surface area contributed by atoms with E-state index >= 15 is 0 Å². The van der Waals surface area contributed by atoms with Gasteiger partial charge in [-0.05, 0) is 62.6 Å². The van der Waals surface area contributed by atoms with Gasteiger partial charge in [0.25, 0.3) is 0 Å². The second kappa shape index (κ2) is 8.95. The van der Waals surface area contributed by atoms with Gasteiger partial charge in [-0.15, -0.1) is 0 Å². The van der Waals surface area contributed by atoms with Crippen LogP contribution in [0, 0.1) is 0 Å². The fraction of sp³-hybridized carbons (Fsp3) is 0.304. The molecule has 5 nitrogen and oxygen atoms in total. The van der Waals surface area contributed by atoms with Gasteiger partial charge in [0.1, 0.15) is 5.76 Å². The molecular weight excluding hydrogens is 384 g/mol. The van der Waals surface area contributed by atoms with Gasteiger partial charge in [0.15, 0.2) is 0 Å². The fourth-order valence-corrected chi connectivity index (χ4v) is 4.42. The molecule has 0 bridgehead atoms. The standard InChI is InChI=1S/C23H28N2O3S/c1-18(25-23(2,3)16-19-8-5-4-6-9-19)20-11-13-22(14-12-20)29(26,27)24-17-21-10-7-15-28-21/h4-15,18,24-25H,16-17H2,1-3H3/t18-/m1/s1. The maximum Gasteiger partial charge on any atom is 0.240 e. The molecule has 0 spiro atoms. The molecule has 3 aromatic rings. The molecule has 1 aromatic heterocycles. The highest BCUT2D eigenvalue weighted by Crippen LogP contribution is 2.21. The molecule has 0 fully saturated rings. The van der Waals surface area contributed by atoms with Gasteiger partial charge >= 0.3 is 0 Å². The third-order valence-electron chi connectivity index (χ3n) is 4.80. The van der Waals surface area contributed by atoms with Crippen LogP contribution in [0.5, 0.6) is 0 Å². The van der Waals surface area contributed by atoms with Gasteiger partial charge in [-0.1, -0.05) is 42.5 Å². The largest absolute Gasteiger partial charge is 0.468 e. The first-order valence-corrected chi connectivity index (χ1v) is 11.2. The number of hydrogen-bond donors (Lipinski definition) is 2. The lowest BCUT2D eigenvalue weighted by atomic mass is 9.93. The number of hydrogen-bond acceptors (Lipinski definition) is 4. The van der Waals surface area contributed by atoms with E-state index in [0.29, 0.717) is 5.76 Å². The average Bonchev–Trinajstić information content (AvgIpc) is 3.20. The van der Waals surface area contributed by atoms with Crippen molar-refractivity contribution in [2.24, 2.45) is 0 Å². The highest BCUT2D eigenvalue weighted by molar-refractivity contribution is 7.89. The van der Waals surface area contributed by atoms with E-state index in [-0.39, 0.29) is 23.0 Å². The summed E-state index contributed by atoms with van der Waals surface area (Å²) in [5.74, 6) is 0.573. The van der Waals surface area contributed by atoms with Crippen LogP contribution in [0.15, 0.2) is 82.3 Å². The summed E-state index contributed by atoms with van der Waals surface area (Å²) in [6.07, 6.45) is 2.42. The minimum absolute atomic E-state index is 0.0848. The van der Waals surface area contributed by atoms with Gasteiger partial charge in [0, 0.05) is 11.6 Å². The van der Waals surface area contributed by atoms with Crippen molar-refractivity contribution in [1.29, 1.82) is 0 Å². The van der Waals surface area contributed by atoms with Crippen molar-refractivity contribution < 1.29 is 12.8 Å². The third-order valence-corrected chi connectivity index (χ3v) is 6.22. The zero-order valence-corrected chi connectivity index (χ0v) is 17.9. The van der Waals surface area contributed by atoms with E-state index in [2.05, 4.69) is 42.9 Å². The van der Waals surface area contributed by atoms with Crippen LogP contribution in [0.4, 0.5) is 0 Å². The second-order valence-electron chi connectivity index (χ2n) is 7.89. The van der Waals surface area contributed by atoms with Crippen LogP contribution in [-0.4, -0.2) is 14.0 Å². The second-order valence-corrected chi connectivity index (χ2v) is 9.65. The lowest BCUT2D eigenvalue weighted by molar-refractivity contribution is 0.345. The number of furan rings is 1. The van der Waals surface area contributed by atoms with E-state index < -0.39 is 10.0 Å². The normalized spacial score (nSPS) is 13.3. The summed E-state index contributed by atoms with van der Waals surface area (Å²) >= 11 is 0. The Morgan fingerprint density at radius 2 is 1.66 bits per heavy atom. The van der Waals surface area contributed by atoms with Crippen LogP contribution < -0.4 is 10.0 Å². The van der Waals surface area contributed by atoms with Crippen LogP contribution >= 0.6 is 0 Å². The first-order chi connectivity index (χ1) is 13.8. The molecule has 3 rings (SSSR count). The molecular formula is C23H28N2O3S. The summed E-state index contributed by atoms with van der Waals surface area (Å²) in [4.78, 5) is 0.239. The quantitative estimate of drug-likeness (QED) is 0.545. The Bertz CT molecular complexity index is 996. The topological polar surface area (TPSA) is 71.3 Å². The minimum Gasteiger partial charge on any atom is -0.468 e.